The van der Waals surface area contributed by atoms with Gasteiger partial charge in [0, 0.05) is 24.8 Å². The van der Waals surface area contributed by atoms with Gasteiger partial charge in [0.2, 0.25) is 0 Å². The van der Waals surface area contributed by atoms with Gasteiger partial charge in [0.25, 0.3) is 0 Å². The number of amides is 2. The molecule has 0 aliphatic carbocycles. The van der Waals surface area contributed by atoms with E-state index in [9.17, 15) is 4.79 Å². The second-order valence-electron chi connectivity index (χ2n) is 5.07. The second-order valence-corrected chi connectivity index (χ2v) is 5.07. The van der Waals surface area contributed by atoms with Crippen molar-refractivity contribution in [2.75, 3.05) is 19.0 Å². The zero-order chi connectivity index (χ0) is 15.8. The molecule has 0 aliphatic heterocycles. The van der Waals surface area contributed by atoms with Crippen molar-refractivity contribution in [2.45, 2.75) is 19.9 Å². The molecule has 1 N–H and O–H groups in total. The molecule has 0 radical (unpaired) electrons. The third-order valence-corrected chi connectivity index (χ3v) is 3.32. The molecule has 0 aromatic heterocycles. The molecule has 0 aliphatic rings. The Morgan fingerprint density at radius 1 is 1.14 bits per heavy atom. The van der Waals surface area contributed by atoms with Crippen molar-refractivity contribution in [3.8, 4) is 5.75 Å². The Morgan fingerprint density at radius 3 is 2.59 bits per heavy atom. The Labute approximate surface area is 131 Å². The molecule has 0 unspecified atom stereocenters. The largest absolute Gasteiger partial charge is 0.497 e. The van der Waals surface area contributed by atoms with Crippen LogP contribution in [0.4, 0.5) is 10.5 Å². The van der Waals surface area contributed by atoms with Crippen molar-refractivity contribution < 1.29 is 9.53 Å². The molecule has 116 valence electrons. The highest BCUT2D eigenvalue weighted by Gasteiger charge is 2.13. The monoisotopic (exact) mass is 298 g/mol. The summed E-state index contributed by atoms with van der Waals surface area (Å²) in [6.07, 6.45) is 0.915. The number of nitrogens with one attached hydrogen (secondary N) is 1. The summed E-state index contributed by atoms with van der Waals surface area (Å²) in [5.41, 5.74) is 1.86. The van der Waals surface area contributed by atoms with Gasteiger partial charge in [-0.05, 0) is 24.1 Å². The molecule has 0 fully saturated rings. The Bertz CT molecular complexity index is 599. The number of anilines is 1. The lowest BCUT2D eigenvalue weighted by Crippen LogP contribution is -2.35. The topological polar surface area (TPSA) is 41.6 Å². The van der Waals surface area contributed by atoms with Crippen LogP contribution in [0.15, 0.2) is 54.6 Å². The lowest BCUT2D eigenvalue weighted by atomic mass is 10.2. The standard InChI is InChI=1S/C18H22N2O2/c1-3-12-20(14-15-8-5-4-6-9-15)18(21)19-16-10-7-11-17(13-16)22-2/h4-11,13H,3,12,14H2,1-2H3,(H,19,21). The number of methoxy groups -OCH3 is 1. The molecule has 0 saturated heterocycles. The Hall–Kier alpha value is -2.49. The summed E-state index contributed by atoms with van der Waals surface area (Å²) in [4.78, 5) is 14.3. The molecule has 2 aromatic rings. The Kier molecular flexibility index (Phi) is 5.83. The van der Waals surface area contributed by atoms with E-state index in [2.05, 4.69) is 12.2 Å². The number of hydrogen-bond acceptors (Lipinski definition) is 2. The minimum absolute atomic E-state index is 0.0982. The van der Waals surface area contributed by atoms with Crippen molar-refractivity contribution in [3.05, 3.63) is 60.2 Å². The molecular formula is C18H22N2O2. The van der Waals surface area contributed by atoms with Crippen LogP contribution in [0.2, 0.25) is 0 Å². The van der Waals surface area contributed by atoms with Crippen molar-refractivity contribution in [2.24, 2.45) is 0 Å². The molecule has 0 atom stereocenters. The third-order valence-electron chi connectivity index (χ3n) is 3.32. The zero-order valence-electron chi connectivity index (χ0n) is 13.1. The fraction of sp³-hybridized carbons (Fsp3) is 0.278. The predicted molar refractivity (Wildman–Crippen MR) is 89.2 cm³/mol. The van der Waals surface area contributed by atoms with E-state index in [1.54, 1.807) is 7.11 Å². The third kappa shape index (κ3) is 4.52. The van der Waals surface area contributed by atoms with Gasteiger partial charge in [-0.3, -0.25) is 0 Å². The highest BCUT2D eigenvalue weighted by atomic mass is 16.5. The van der Waals surface area contributed by atoms with Gasteiger partial charge in [0.05, 0.1) is 7.11 Å². The first-order valence-corrected chi connectivity index (χ1v) is 7.47. The first kappa shape index (κ1) is 15.9. The Balaban J connectivity index is 2.05. The van der Waals surface area contributed by atoms with Gasteiger partial charge in [-0.25, -0.2) is 4.79 Å². The van der Waals surface area contributed by atoms with Crippen LogP contribution in [-0.2, 0) is 6.54 Å². The van der Waals surface area contributed by atoms with Crippen molar-refractivity contribution in [1.29, 1.82) is 0 Å². The highest BCUT2D eigenvalue weighted by molar-refractivity contribution is 5.89. The summed E-state index contributed by atoms with van der Waals surface area (Å²) in [6, 6.07) is 17.3. The molecular weight excluding hydrogens is 276 g/mol. The molecule has 4 heteroatoms. The average molecular weight is 298 g/mol. The summed E-state index contributed by atoms with van der Waals surface area (Å²) in [6.45, 7) is 3.38. The maximum Gasteiger partial charge on any atom is 0.322 e. The maximum atomic E-state index is 12.5. The number of benzene rings is 2. The van der Waals surface area contributed by atoms with Gasteiger partial charge in [-0.15, -0.1) is 0 Å². The molecule has 0 spiro atoms. The molecule has 2 rings (SSSR count). The molecule has 0 bridgehead atoms. The summed E-state index contributed by atoms with van der Waals surface area (Å²) in [5, 5.41) is 2.93. The summed E-state index contributed by atoms with van der Waals surface area (Å²) in [7, 11) is 1.61. The maximum absolute atomic E-state index is 12.5. The second kappa shape index (κ2) is 8.08. The van der Waals surface area contributed by atoms with Crippen LogP contribution >= 0.6 is 0 Å². The number of ether oxygens (including phenoxy) is 1. The molecule has 0 saturated carbocycles. The minimum Gasteiger partial charge on any atom is -0.497 e. The van der Waals surface area contributed by atoms with Gasteiger partial charge >= 0.3 is 6.03 Å². The lowest BCUT2D eigenvalue weighted by molar-refractivity contribution is 0.209. The quantitative estimate of drug-likeness (QED) is 0.871. The van der Waals surface area contributed by atoms with E-state index in [0.29, 0.717) is 13.1 Å². The van der Waals surface area contributed by atoms with Crippen LogP contribution in [0.25, 0.3) is 0 Å². The highest BCUT2D eigenvalue weighted by Crippen LogP contribution is 2.17. The zero-order valence-corrected chi connectivity index (χ0v) is 13.1. The average Bonchev–Trinajstić information content (AvgIpc) is 2.55. The molecule has 22 heavy (non-hydrogen) atoms. The summed E-state index contributed by atoms with van der Waals surface area (Å²) >= 11 is 0. The number of nitrogens with zero attached hydrogens (tertiary/aromatic N) is 1. The lowest BCUT2D eigenvalue weighted by Gasteiger charge is -2.23. The van der Waals surface area contributed by atoms with Crippen LogP contribution in [0.5, 0.6) is 5.75 Å². The number of carbonyl (C=O) groups excluding carboxylic acids is 1. The normalized spacial score (nSPS) is 10.1. The van der Waals surface area contributed by atoms with E-state index in [-0.39, 0.29) is 6.03 Å². The van der Waals surface area contributed by atoms with Crippen molar-refractivity contribution in [3.63, 3.8) is 0 Å². The summed E-state index contributed by atoms with van der Waals surface area (Å²) in [5.74, 6) is 0.725. The van der Waals surface area contributed by atoms with Gasteiger partial charge in [-0.1, -0.05) is 43.3 Å². The minimum atomic E-state index is -0.0982. The number of carbonyl (C=O) groups is 1. The van der Waals surface area contributed by atoms with Crippen LogP contribution in [0, 0.1) is 0 Å². The molecule has 2 amide bonds. The fourth-order valence-corrected chi connectivity index (χ4v) is 2.23. The van der Waals surface area contributed by atoms with Gasteiger partial charge in [-0.2, -0.15) is 0 Å². The fourth-order valence-electron chi connectivity index (χ4n) is 2.23. The molecule has 0 heterocycles. The van der Waals surface area contributed by atoms with E-state index in [0.717, 1.165) is 23.4 Å². The number of urea groups is 1. The van der Waals surface area contributed by atoms with Gasteiger partial charge in [0.1, 0.15) is 5.75 Å². The van der Waals surface area contributed by atoms with Gasteiger partial charge in [0.15, 0.2) is 0 Å². The molecule has 4 nitrogen and oxygen atoms in total. The predicted octanol–water partition coefficient (Wildman–Crippen LogP) is 4.14. The van der Waals surface area contributed by atoms with Crippen LogP contribution < -0.4 is 10.1 Å². The van der Waals surface area contributed by atoms with Gasteiger partial charge < -0.3 is 15.0 Å². The Morgan fingerprint density at radius 2 is 1.91 bits per heavy atom. The summed E-state index contributed by atoms with van der Waals surface area (Å²) < 4.78 is 5.18. The first-order chi connectivity index (χ1) is 10.7. The van der Waals surface area contributed by atoms with E-state index < -0.39 is 0 Å². The van der Waals surface area contributed by atoms with Crippen LogP contribution in [-0.4, -0.2) is 24.6 Å². The smallest absolute Gasteiger partial charge is 0.322 e. The van der Waals surface area contributed by atoms with Crippen LogP contribution in [0.3, 0.4) is 0 Å². The van der Waals surface area contributed by atoms with Crippen molar-refractivity contribution >= 4 is 11.7 Å². The van der Waals surface area contributed by atoms with Crippen LogP contribution in [0.1, 0.15) is 18.9 Å². The number of rotatable bonds is 6. The first-order valence-electron chi connectivity index (χ1n) is 7.47. The number of hydrogen-bond donors (Lipinski definition) is 1. The molecule has 2 aromatic carbocycles. The van der Waals surface area contributed by atoms with E-state index >= 15 is 0 Å². The van der Waals surface area contributed by atoms with Crippen molar-refractivity contribution in [1.82, 2.24) is 4.90 Å². The SMILES string of the molecule is CCCN(Cc1ccccc1)C(=O)Nc1cccc(OC)c1. The van der Waals surface area contributed by atoms with E-state index in [1.807, 2.05) is 59.5 Å². The van der Waals surface area contributed by atoms with E-state index in [4.69, 9.17) is 4.74 Å². The van der Waals surface area contributed by atoms with E-state index in [1.165, 1.54) is 0 Å².